The van der Waals surface area contributed by atoms with Gasteiger partial charge in [0.15, 0.2) is 0 Å². The van der Waals surface area contributed by atoms with Crippen LogP contribution in [0.3, 0.4) is 0 Å². The molecule has 1 unspecified atom stereocenters. The number of aryl methyl sites for hydroxylation is 3. The van der Waals surface area contributed by atoms with Gasteiger partial charge in [-0.1, -0.05) is 91.3 Å². The van der Waals surface area contributed by atoms with Crippen molar-refractivity contribution in [3.05, 3.63) is 107 Å². The number of nitrogens with zero attached hydrogens (tertiary/aromatic N) is 1. The Hall–Kier alpha value is -3.40. The van der Waals surface area contributed by atoms with Crippen LogP contribution in [0, 0.1) is 6.92 Å². The summed E-state index contributed by atoms with van der Waals surface area (Å²) in [7, 11) is 0. The molecular weight excluding hydrogens is 432 g/mol. The predicted octanol–water partition coefficient (Wildman–Crippen LogP) is 5.65. The molecule has 0 aromatic heterocycles. The molecule has 0 saturated heterocycles. The SMILES string of the molecule is CCc1ccc(CCC(=O)N(Cc2cccc(C)c2)C(Cc2ccccc2)C(=O)NC(C)C)cc1. The minimum Gasteiger partial charge on any atom is -0.352 e. The highest BCUT2D eigenvalue weighted by Gasteiger charge is 2.30. The summed E-state index contributed by atoms with van der Waals surface area (Å²) in [6.07, 6.45) is 2.48. The summed E-state index contributed by atoms with van der Waals surface area (Å²) >= 11 is 0. The van der Waals surface area contributed by atoms with Crippen LogP contribution in [-0.4, -0.2) is 28.8 Å². The minimum absolute atomic E-state index is 0.00576. The topological polar surface area (TPSA) is 49.4 Å². The molecular formula is C31H38N2O2. The third-order valence-corrected chi connectivity index (χ3v) is 6.20. The van der Waals surface area contributed by atoms with E-state index in [2.05, 4.69) is 42.6 Å². The van der Waals surface area contributed by atoms with Crippen molar-refractivity contribution in [2.45, 2.75) is 72.0 Å². The van der Waals surface area contributed by atoms with E-state index in [1.165, 1.54) is 5.56 Å². The van der Waals surface area contributed by atoms with Gasteiger partial charge >= 0.3 is 0 Å². The molecule has 4 heteroatoms. The van der Waals surface area contributed by atoms with Gasteiger partial charge in [-0.15, -0.1) is 0 Å². The molecule has 0 aliphatic carbocycles. The van der Waals surface area contributed by atoms with E-state index in [0.29, 0.717) is 25.8 Å². The largest absolute Gasteiger partial charge is 0.352 e. The second kappa shape index (κ2) is 12.9. The summed E-state index contributed by atoms with van der Waals surface area (Å²) in [5.74, 6) is -0.122. The third-order valence-electron chi connectivity index (χ3n) is 6.20. The van der Waals surface area contributed by atoms with E-state index in [4.69, 9.17) is 0 Å². The van der Waals surface area contributed by atoms with Crippen molar-refractivity contribution in [3.63, 3.8) is 0 Å². The molecule has 35 heavy (non-hydrogen) atoms. The van der Waals surface area contributed by atoms with Crippen LogP contribution in [0.5, 0.6) is 0 Å². The third kappa shape index (κ3) is 8.10. The first-order chi connectivity index (χ1) is 16.9. The zero-order valence-corrected chi connectivity index (χ0v) is 21.5. The summed E-state index contributed by atoms with van der Waals surface area (Å²) in [5.41, 5.74) is 5.62. The van der Waals surface area contributed by atoms with Gasteiger partial charge in [-0.3, -0.25) is 9.59 Å². The molecule has 0 aliphatic heterocycles. The van der Waals surface area contributed by atoms with Gasteiger partial charge in [0, 0.05) is 25.4 Å². The normalized spacial score (nSPS) is 11.8. The van der Waals surface area contributed by atoms with Gasteiger partial charge in [-0.25, -0.2) is 0 Å². The van der Waals surface area contributed by atoms with E-state index >= 15 is 0 Å². The molecule has 3 rings (SSSR count). The standard InChI is InChI=1S/C31H38N2O2/c1-5-25-14-16-26(17-15-25)18-19-30(34)33(22-28-13-9-10-24(4)20-28)29(31(35)32-23(2)3)21-27-11-7-6-8-12-27/h6-17,20,23,29H,5,18-19,21-22H2,1-4H3,(H,32,35). The number of hydrogen-bond acceptors (Lipinski definition) is 2. The van der Waals surface area contributed by atoms with Gasteiger partial charge in [0.2, 0.25) is 11.8 Å². The van der Waals surface area contributed by atoms with Crippen LogP contribution in [0.25, 0.3) is 0 Å². The van der Waals surface area contributed by atoms with E-state index in [-0.39, 0.29) is 17.9 Å². The quantitative estimate of drug-likeness (QED) is 0.393. The lowest BCUT2D eigenvalue weighted by atomic mass is 10.0. The van der Waals surface area contributed by atoms with Crippen molar-refractivity contribution in [2.75, 3.05) is 0 Å². The Morgan fingerprint density at radius 3 is 2.11 bits per heavy atom. The molecule has 0 heterocycles. The highest BCUT2D eigenvalue weighted by Crippen LogP contribution is 2.18. The van der Waals surface area contributed by atoms with Gasteiger partial charge in [0.1, 0.15) is 6.04 Å². The number of rotatable bonds is 11. The van der Waals surface area contributed by atoms with E-state index in [1.54, 1.807) is 4.90 Å². The lowest BCUT2D eigenvalue weighted by molar-refractivity contribution is -0.141. The number of benzene rings is 3. The number of nitrogens with one attached hydrogen (secondary N) is 1. The van der Waals surface area contributed by atoms with E-state index in [0.717, 1.165) is 28.7 Å². The lowest BCUT2D eigenvalue weighted by Crippen LogP contribution is -2.51. The van der Waals surface area contributed by atoms with Crippen LogP contribution in [-0.2, 0) is 35.4 Å². The predicted molar refractivity (Wildman–Crippen MR) is 143 cm³/mol. The van der Waals surface area contributed by atoms with E-state index in [9.17, 15) is 9.59 Å². The molecule has 1 N–H and O–H groups in total. The van der Waals surface area contributed by atoms with Crippen LogP contribution < -0.4 is 5.32 Å². The van der Waals surface area contributed by atoms with Gasteiger partial charge in [-0.2, -0.15) is 0 Å². The summed E-state index contributed by atoms with van der Waals surface area (Å²) < 4.78 is 0. The first-order valence-electron chi connectivity index (χ1n) is 12.6. The van der Waals surface area contributed by atoms with Crippen molar-refractivity contribution in [2.24, 2.45) is 0 Å². The first kappa shape index (κ1) is 26.2. The number of amides is 2. The molecule has 2 amide bonds. The number of carbonyl (C=O) groups excluding carboxylic acids is 2. The van der Waals surface area contributed by atoms with Gasteiger partial charge in [-0.05, 0) is 55.9 Å². The fraction of sp³-hybridized carbons (Fsp3) is 0.355. The molecule has 3 aromatic carbocycles. The second-order valence-corrected chi connectivity index (χ2v) is 9.55. The average molecular weight is 471 g/mol. The maximum atomic E-state index is 13.7. The zero-order valence-electron chi connectivity index (χ0n) is 21.5. The Morgan fingerprint density at radius 2 is 1.49 bits per heavy atom. The van der Waals surface area contributed by atoms with E-state index < -0.39 is 6.04 Å². The zero-order chi connectivity index (χ0) is 25.2. The molecule has 184 valence electrons. The van der Waals surface area contributed by atoms with Crippen molar-refractivity contribution < 1.29 is 9.59 Å². The molecule has 0 aliphatic rings. The van der Waals surface area contributed by atoms with Gasteiger partial charge < -0.3 is 10.2 Å². The maximum Gasteiger partial charge on any atom is 0.243 e. The number of hydrogen-bond donors (Lipinski definition) is 1. The number of carbonyl (C=O) groups is 2. The Balaban J connectivity index is 1.88. The molecule has 0 fully saturated rings. The summed E-state index contributed by atoms with van der Waals surface area (Å²) in [4.78, 5) is 28.9. The Morgan fingerprint density at radius 1 is 0.829 bits per heavy atom. The van der Waals surface area contributed by atoms with Crippen molar-refractivity contribution >= 4 is 11.8 Å². The van der Waals surface area contributed by atoms with Crippen molar-refractivity contribution in [3.8, 4) is 0 Å². The fourth-order valence-electron chi connectivity index (χ4n) is 4.28. The summed E-state index contributed by atoms with van der Waals surface area (Å²) in [6.45, 7) is 8.48. The molecule has 0 saturated carbocycles. The Bertz CT molecular complexity index is 1090. The van der Waals surface area contributed by atoms with Crippen LogP contribution in [0.1, 0.15) is 55.0 Å². The van der Waals surface area contributed by atoms with Crippen LogP contribution in [0.2, 0.25) is 0 Å². The first-order valence-corrected chi connectivity index (χ1v) is 12.6. The summed E-state index contributed by atoms with van der Waals surface area (Å²) in [5, 5.41) is 3.05. The van der Waals surface area contributed by atoms with Gasteiger partial charge in [0.25, 0.3) is 0 Å². The minimum atomic E-state index is -0.588. The molecule has 1 atom stereocenters. The molecule has 0 bridgehead atoms. The molecule has 4 nitrogen and oxygen atoms in total. The van der Waals surface area contributed by atoms with Crippen LogP contribution in [0.4, 0.5) is 0 Å². The monoisotopic (exact) mass is 470 g/mol. The maximum absolute atomic E-state index is 13.7. The van der Waals surface area contributed by atoms with Gasteiger partial charge in [0.05, 0.1) is 0 Å². The fourth-order valence-corrected chi connectivity index (χ4v) is 4.28. The average Bonchev–Trinajstić information content (AvgIpc) is 2.85. The summed E-state index contributed by atoms with van der Waals surface area (Å²) in [6, 6.07) is 26.0. The Kier molecular flexibility index (Phi) is 9.66. The highest BCUT2D eigenvalue weighted by atomic mass is 16.2. The van der Waals surface area contributed by atoms with Crippen LogP contribution in [0.15, 0.2) is 78.9 Å². The molecule has 0 radical (unpaired) electrons. The van der Waals surface area contributed by atoms with Crippen molar-refractivity contribution in [1.82, 2.24) is 10.2 Å². The van der Waals surface area contributed by atoms with Crippen molar-refractivity contribution in [1.29, 1.82) is 0 Å². The van der Waals surface area contributed by atoms with Crippen LogP contribution >= 0.6 is 0 Å². The van der Waals surface area contributed by atoms with E-state index in [1.807, 2.05) is 69.3 Å². The lowest BCUT2D eigenvalue weighted by Gasteiger charge is -2.32. The smallest absolute Gasteiger partial charge is 0.243 e. The molecule has 0 spiro atoms. The molecule has 3 aromatic rings. The second-order valence-electron chi connectivity index (χ2n) is 9.55. The highest BCUT2D eigenvalue weighted by molar-refractivity contribution is 5.88. The Labute approximate surface area is 210 Å².